The van der Waals surface area contributed by atoms with Crippen molar-refractivity contribution in [2.75, 3.05) is 19.8 Å². The summed E-state index contributed by atoms with van der Waals surface area (Å²) in [7, 11) is 0. The molecule has 0 aliphatic rings. The Labute approximate surface area is 199 Å². The number of hydrogen-bond acceptors (Lipinski definition) is 3. The number of aliphatic hydroxyl groups is 1. The smallest absolute Gasteiger partial charge is 0.0834 e. The van der Waals surface area contributed by atoms with Crippen LogP contribution in [0.25, 0.3) is 0 Å². The summed E-state index contributed by atoms with van der Waals surface area (Å²) < 4.78 is 11.7. The van der Waals surface area contributed by atoms with Crippen LogP contribution < -0.4 is 0 Å². The largest absolute Gasteiger partial charge is 0.396 e. The number of hydrogen-bond donors (Lipinski definition) is 1. The predicted octanol–water partition coefficient (Wildman–Crippen LogP) is 8.23. The first-order valence-electron chi connectivity index (χ1n) is 13.7. The third-order valence-corrected chi connectivity index (χ3v) is 6.23. The van der Waals surface area contributed by atoms with E-state index in [0.717, 1.165) is 18.6 Å². The van der Waals surface area contributed by atoms with Crippen LogP contribution in [0.5, 0.6) is 0 Å². The highest BCUT2D eigenvalue weighted by Gasteiger charge is 2.09. The van der Waals surface area contributed by atoms with Gasteiger partial charge in [-0.3, -0.25) is 0 Å². The van der Waals surface area contributed by atoms with Gasteiger partial charge in [-0.25, -0.2) is 0 Å². The Bertz CT molecular complexity index is 477. The van der Waals surface area contributed by atoms with E-state index in [9.17, 15) is 5.11 Å². The zero-order chi connectivity index (χ0) is 23.0. The summed E-state index contributed by atoms with van der Waals surface area (Å²) in [6.45, 7) is 4.38. The van der Waals surface area contributed by atoms with Gasteiger partial charge >= 0.3 is 0 Å². The van der Waals surface area contributed by atoms with Gasteiger partial charge in [-0.15, -0.1) is 0 Å². The van der Waals surface area contributed by atoms with E-state index in [4.69, 9.17) is 9.47 Å². The molecule has 0 saturated carbocycles. The molecule has 32 heavy (non-hydrogen) atoms. The standard InChI is InChI=1S/C29H52O3/c1-2-3-4-5-6-7-8-9-10-11-12-13-14-15-16-20-25-31-27-29(23-24-30)32-26-28-21-18-17-19-22-28/h17-19,21-22,29-30H,2-16,20,23-27H2,1H3. The summed E-state index contributed by atoms with van der Waals surface area (Å²) in [4.78, 5) is 0. The summed E-state index contributed by atoms with van der Waals surface area (Å²) in [6.07, 6.45) is 22.8. The van der Waals surface area contributed by atoms with Crippen LogP contribution in [0.1, 0.15) is 122 Å². The molecule has 1 unspecified atom stereocenters. The van der Waals surface area contributed by atoms with Crippen LogP contribution in [0.2, 0.25) is 0 Å². The van der Waals surface area contributed by atoms with Crippen molar-refractivity contribution in [3.63, 3.8) is 0 Å². The lowest BCUT2D eigenvalue weighted by atomic mass is 10.0. The van der Waals surface area contributed by atoms with Crippen LogP contribution in [-0.4, -0.2) is 31.0 Å². The number of rotatable bonds is 24. The third-order valence-electron chi connectivity index (χ3n) is 6.23. The summed E-state index contributed by atoms with van der Waals surface area (Å²) >= 11 is 0. The van der Waals surface area contributed by atoms with Gasteiger partial charge in [-0.2, -0.15) is 0 Å². The molecule has 0 aromatic heterocycles. The lowest BCUT2D eigenvalue weighted by Gasteiger charge is -2.17. The molecular formula is C29H52O3. The Balaban J connectivity index is 1.82. The normalized spacial score (nSPS) is 12.3. The van der Waals surface area contributed by atoms with E-state index in [1.807, 2.05) is 18.2 Å². The molecule has 1 N–H and O–H groups in total. The summed E-state index contributed by atoms with van der Waals surface area (Å²) in [5, 5.41) is 9.25. The van der Waals surface area contributed by atoms with Gasteiger partial charge < -0.3 is 14.6 Å². The maximum Gasteiger partial charge on any atom is 0.0834 e. The number of benzene rings is 1. The van der Waals surface area contributed by atoms with Gasteiger partial charge in [0.25, 0.3) is 0 Å². The summed E-state index contributed by atoms with van der Waals surface area (Å²) in [6, 6.07) is 10.2. The fraction of sp³-hybridized carbons (Fsp3) is 0.793. The average Bonchev–Trinajstić information content (AvgIpc) is 2.82. The van der Waals surface area contributed by atoms with Crippen molar-refractivity contribution in [3.05, 3.63) is 35.9 Å². The van der Waals surface area contributed by atoms with Crippen molar-refractivity contribution in [3.8, 4) is 0 Å². The first-order valence-corrected chi connectivity index (χ1v) is 13.7. The molecule has 0 spiro atoms. The number of ether oxygens (including phenoxy) is 2. The molecule has 1 aromatic carbocycles. The second-order valence-corrected chi connectivity index (χ2v) is 9.31. The van der Waals surface area contributed by atoms with E-state index in [-0.39, 0.29) is 12.7 Å². The van der Waals surface area contributed by atoms with Gasteiger partial charge in [-0.05, 0) is 18.4 Å². The van der Waals surface area contributed by atoms with Crippen molar-refractivity contribution in [2.24, 2.45) is 0 Å². The predicted molar refractivity (Wildman–Crippen MR) is 137 cm³/mol. The van der Waals surface area contributed by atoms with E-state index in [1.54, 1.807) is 0 Å². The van der Waals surface area contributed by atoms with Crippen LogP contribution in [0.15, 0.2) is 30.3 Å². The molecular weight excluding hydrogens is 396 g/mol. The van der Waals surface area contributed by atoms with Crippen molar-refractivity contribution in [2.45, 2.75) is 129 Å². The molecule has 3 nitrogen and oxygen atoms in total. The van der Waals surface area contributed by atoms with Gasteiger partial charge in [0.15, 0.2) is 0 Å². The zero-order valence-corrected chi connectivity index (χ0v) is 21.1. The first kappa shape index (κ1) is 29.1. The van der Waals surface area contributed by atoms with Crippen LogP contribution in [-0.2, 0) is 16.1 Å². The molecule has 186 valence electrons. The minimum absolute atomic E-state index is 0.0266. The van der Waals surface area contributed by atoms with Crippen LogP contribution in [0.3, 0.4) is 0 Å². The second-order valence-electron chi connectivity index (χ2n) is 9.31. The van der Waals surface area contributed by atoms with Crippen LogP contribution in [0.4, 0.5) is 0 Å². The molecule has 0 radical (unpaired) electrons. The number of aliphatic hydroxyl groups excluding tert-OH is 1. The Hall–Kier alpha value is -0.900. The molecule has 0 heterocycles. The molecule has 1 atom stereocenters. The van der Waals surface area contributed by atoms with Gasteiger partial charge in [0.1, 0.15) is 0 Å². The fourth-order valence-electron chi connectivity index (χ4n) is 4.11. The van der Waals surface area contributed by atoms with E-state index < -0.39 is 0 Å². The lowest BCUT2D eigenvalue weighted by molar-refractivity contribution is -0.0355. The molecule has 0 aliphatic heterocycles. The first-order chi connectivity index (χ1) is 15.9. The quantitative estimate of drug-likeness (QED) is 0.162. The molecule has 0 fully saturated rings. The van der Waals surface area contributed by atoms with Crippen molar-refractivity contribution >= 4 is 0 Å². The highest BCUT2D eigenvalue weighted by atomic mass is 16.5. The van der Waals surface area contributed by atoms with Crippen molar-refractivity contribution < 1.29 is 14.6 Å². The van der Waals surface area contributed by atoms with Gasteiger partial charge in [0, 0.05) is 13.2 Å². The molecule has 0 saturated heterocycles. The highest BCUT2D eigenvalue weighted by Crippen LogP contribution is 2.14. The molecule has 0 aliphatic carbocycles. The molecule has 3 heteroatoms. The van der Waals surface area contributed by atoms with Crippen LogP contribution in [0, 0.1) is 0 Å². The minimum Gasteiger partial charge on any atom is -0.396 e. The molecule has 1 aromatic rings. The van der Waals surface area contributed by atoms with Crippen molar-refractivity contribution in [1.29, 1.82) is 0 Å². The van der Waals surface area contributed by atoms with E-state index in [1.165, 1.54) is 96.3 Å². The highest BCUT2D eigenvalue weighted by molar-refractivity contribution is 5.13. The number of unbranched alkanes of at least 4 members (excludes halogenated alkanes) is 15. The SMILES string of the molecule is CCCCCCCCCCCCCCCCCCOCC(CCO)OCc1ccccc1. The maximum atomic E-state index is 9.25. The monoisotopic (exact) mass is 448 g/mol. The minimum atomic E-state index is -0.0266. The summed E-state index contributed by atoms with van der Waals surface area (Å²) in [5.74, 6) is 0. The second kappa shape index (κ2) is 23.3. The van der Waals surface area contributed by atoms with Crippen molar-refractivity contribution in [1.82, 2.24) is 0 Å². The molecule has 0 bridgehead atoms. The lowest BCUT2D eigenvalue weighted by Crippen LogP contribution is -2.21. The van der Waals surface area contributed by atoms with Gasteiger partial charge in [0.2, 0.25) is 0 Å². The Morgan fingerprint density at radius 2 is 1.19 bits per heavy atom. The molecule has 0 amide bonds. The molecule has 1 rings (SSSR count). The average molecular weight is 449 g/mol. The maximum absolute atomic E-state index is 9.25. The van der Waals surface area contributed by atoms with E-state index in [0.29, 0.717) is 19.6 Å². The Morgan fingerprint density at radius 3 is 1.69 bits per heavy atom. The Morgan fingerprint density at radius 1 is 0.688 bits per heavy atom. The zero-order valence-electron chi connectivity index (χ0n) is 21.1. The van der Waals surface area contributed by atoms with E-state index >= 15 is 0 Å². The topological polar surface area (TPSA) is 38.7 Å². The third kappa shape index (κ3) is 18.7. The Kier molecular flexibility index (Phi) is 21.2. The van der Waals surface area contributed by atoms with Gasteiger partial charge in [-0.1, -0.05) is 134 Å². The van der Waals surface area contributed by atoms with E-state index in [2.05, 4.69) is 19.1 Å². The van der Waals surface area contributed by atoms with Crippen LogP contribution >= 0.6 is 0 Å². The van der Waals surface area contributed by atoms with Gasteiger partial charge in [0.05, 0.1) is 19.3 Å². The fourth-order valence-corrected chi connectivity index (χ4v) is 4.11. The summed E-state index contributed by atoms with van der Waals surface area (Å²) in [5.41, 5.74) is 1.16.